The van der Waals surface area contributed by atoms with E-state index in [0.717, 1.165) is 29.5 Å². The Balaban J connectivity index is 1.79. The number of carbonyl (C=O) groups excluding carboxylic acids is 2. The van der Waals surface area contributed by atoms with Crippen molar-refractivity contribution in [2.75, 3.05) is 18.4 Å². The Morgan fingerprint density at radius 1 is 0.917 bits per heavy atom. The molecule has 2 amide bonds. The minimum absolute atomic E-state index is 0.00629. The van der Waals surface area contributed by atoms with Gasteiger partial charge in [-0.05, 0) is 78.3 Å². The first-order valence-corrected chi connectivity index (χ1v) is 9.18. The largest absolute Gasteiger partial charge is 0.339 e. The van der Waals surface area contributed by atoms with Gasteiger partial charge in [-0.25, -0.2) is 0 Å². The van der Waals surface area contributed by atoms with Crippen molar-refractivity contribution in [3.63, 3.8) is 0 Å². The van der Waals surface area contributed by atoms with Crippen molar-refractivity contribution in [2.24, 2.45) is 0 Å². The number of rotatable bonds is 3. The van der Waals surface area contributed by atoms with Crippen molar-refractivity contribution in [1.29, 1.82) is 0 Å². The number of hydrogen-bond acceptors (Lipinski definition) is 2. The van der Waals surface area contributed by atoms with Crippen LogP contribution in [0.3, 0.4) is 0 Å². The standard InChI is InChI=1S/C19H19IN2O2/c20-15-10-8-14(9-11-15)18(23)21-17-7-3-2-6-16(17)19(24)22-12-4-1-5-13-22/h2-3,6-11H,1,4-5,12-13H2,(H,21,23). The highest BCUT2D eigenvalue weighted by Crippen LogP contribution is 2.21. The number of anilines is 1. The number of hydrogen-bond donors (Lipinski definition) is 1. The van der Waals surface area contributed by atoms with Gasteiger partial charge in [-0.2, -0.15) is 0 Å². The number of nitrogens with one attached hydrogen (secondary N) is 1. The smallest absolute Gasteiger partial charge is 0.255 e. The molecule has 0 saturated carbocycles. The molecule has 2 aromatic carbocycles. The third-order valence-electron chi connectivity index (χ3n) is 4.16. The Morgan fingerprint density at radius 3 is 2.29 bits per heavy atom. The van der Waals surface area contributed by atoms with Crippen LogP contribution in [0.25, 0.3) is 0 Å². The molecule has 0 aromatic heterocycles. The maximum atomic E-state index is 12.8. The van der Waals surface area contributed by atoms with E-state index in [1.54, 1.807) is 24.3 Å². The SMILES string of the molecule is O=C(Nc1ccccc1C(=O)N1CCCCC1)c1ccc(I)cc1. The van der Waals surface area contributed by atoms with Gasteiger partial charge in [-0.15, -0.1) is 0 Å². The minimum atomic E-state index is -0.203. The van der Waals surface area contributed by atoms with Crippen LogP contribution in [0.4, 0.5) is 5.69 Å². The fourth-order valence-electron chi connectivity index (χ4n) is 2.84. The Morgan fingerprint density at radius 2 is 1.58 bits per heavy atom. The van der Waals surface area contributed by atoms with Crippen LogP contribution in [-0.2, 0) is 0 Å². The summed E-state index contributed by atoms with van der Waals surface area (Å²) in [5.74, 6) is -0.210. The normalized spacial score (nSPS) is 14.3. The lowest BCUT2D eigenvalue weighted by molar-refractivity contribution is 0.0725. The predicted octanol–water partition coefficient (Wildman–Crippen LogP) is 4.17. The highest BCUT2D eigenvalue weighted by atomic mass is 127. The van der Waals surface area contributed by atoms with Gasteiger partial charge in [0.2, 0.25) is 0 Å². The summed E-state index contributed by atoms with van der Waals surface area (Å²) in [6.45, 7) is 1.58. The van der Waals surface area contributed by atoms with Crippen molar-refractivity contribution >= 4 is 40.1 Å². The van der Waals surface area contributed by atoms with Gasteiger partial charge in [0.15, 0.2) is 0 Å². The molecular formula is C19H19IN2O2. The lowest BCUT2D eigenvalue weighted by atomic mass is 10.1. The van der Waals surface area contributed by atoms with Crippen LogP contribution in [0.5, 0.6) is 0 Å². The summed E-state index contributed by atoms with van der Waals surface area (Å²) in [4.78, 5) is 27.1. The molecule has 1 aliphatic rings. The summed E-state index contributed by atoms with van der Waals surface area (Å²) < 4.78 is 1.07. The Labute approximate surface area is 155 Å². The summed E-state index contributed by atoms with van der Waals surface area (Å²) in [6, 6.07) is 14.6. The van der Waals surface area contributed by atoms with Crippen LogP contribution in [-0.4, -0.2) is 29.8 Å². The molecule has 0 aliphatic carbocycles. The van der Waals surface area contributed by atoms with E-state index in [9.17, 15) is 9.59 Å². The number of benzene rings is 2. The highest BCUT2D eigenvalue weighted by Gasteiger charge is 2.21. The second-order valence-electron chi connectivity index (χ2n) is 5.86. The van der Waals surface area contributed by atoms with Crippen LogP contribution in [0.1, 0.15) is 40.0 Å². The van der Waals surface area contributed by atoms with Gasteiger partial charge in [0.05, 0.1) is 11.3 Å². The second kappa shape index (κ2) is 7.79. The van der Waals surface area contributed by atoms with Crippen molar-refractivity contribution < 1.29 is 9.59 Å². The lowest BCUT2D eigenvalue weighted by Gasteiger charge is -2.27. The quantitative estimate of drug-likeness (QED) is 0.738. The van der Waals surface area contributed by atoms with Gasteiger partial charge in [0, 0.05) is 22.2 Å². The number of halogens is 1. The Hall–Kier alpha value is -1.89. The fraction of sp³-hybridized carbons (Fsp3) is 0.263. The molecule has 0 spiro atoms. The molecule has 2 aromatic rings. The molecule has 1 aliphatic heterocycles. The summed E-state index contributed by atoms with van der Waals surface area (Å²) >= 11 is 2.20. The van der Waals surface area contributed by atoms with Gasteiger partial charge < -0.3 is 10.2 Å². The summed E-state index contributed by atoms with van der Waals surface area (Å²) in [5, 5.41) is 2.88. The fourth-order valence-corrected chi connectivity index (χ4v) is 3.20. The molecular weight excluding hydrogens is 415 g/mol. The van der Waals surface area contributed by atoms with E-state index >= 15 is 0 Å². The average Bonchev–Trinajstić information content (AvgIpc) is 2.63. The first-order chi connectivity index (χ1) is 11.6. The molecule has 4 nitrogen and oxygen atoms in total. The minimum Gasteiger partial charge on any atom is -0.339 e. The molecule has 1 heterocycles. The maximum absolute atomic E-state index is 12.8. The summed E-state index contributed by atoms with van der Waals surface area (Å²) in [6.07, 6.45) is 3.26. The number of carbonyl (C=O) groups is 2. The van der Waals surface area contributed by atoms with E-state index in [1.165, 1.54) is 6.42 Å². The molecule has 1 N–H and O–H groups in total. The zero-order chi connectivity index (χ0) is 16.9. The maximum Gasteiger partial charge on any atom is 0.255 e. The number of likely N-dealkylation sites (tertiary alicyclic amines) is 1. The molecule has 5 heteroatoms. The van der Waals surface area contributed by atoms with Crippen molar-refractivity contribution in [3.8, 4) is 0 Å². The highest BCUT2D eigenvalue weighted by molar-refractivity contribution is 14.1. The third kappa shape index (κ3) is 3.95. The van der Waals surface area contributed by atoms with E-state index in [2.05, 4.69) is 27.9 Å². The van der Waals surface area contributed by atoms with Gasteiger partial charge in [0.25, 0.3) is 11.8 Å². The monoisotopic (exact) mass is 434 g/mol. The molecule has 1 saturated heterocycles. The van der Waals surface area contributed by atoms with E-state index in [0.29, 0.717) is 16.8 Å². The summed E-state index contributed by atoms with van der Waals surface area (Å²) in [7, 11) is 0. The second-order valence-corrected chi connectivity index (χ2v) is 7.11. The number of amides is 2. The first-order valence-electron chi connectivity index (χ1n) is 8.10. The predicted molar refractivity (Wildman–Crippen MR) is 103 cm³/mol. The van der Waals surface area contributed by atoms with E-state index in [1.807, 2.05) is 29.2 Å². The molecule has 1 fully saturated rings. The molecule has 0 bridgehead atoms. The number of nitrogens with zero attached hydrogens (tertiary/aromatic N) is 1. The molecule has 0 radical (unpaired) electrons. The molecule has 0 atom stereocenters. The van der Waals surface area contributed by atoms with E-state index in [-0.39, 0.29) is 11.8 Å². The van der Waals surface area contributed by atoms with E-state index < -0.39 is 0 Å². The molecule has 3 rings (SSSR count). The van der Waals surface area contributed by atoms with Crippen LogP contribution in [0.15, 0.2) is 48.5 Å². The van der Waals surface area contributed by atoms with E-state index in [4.69, 9.17) is 0 Å². The summed E-state index contributed by atoms with van der Waals surface area (Å²) in [5.41, 5.74) is 1.70. The molecule has 24 heavy (non-hydrogen) atoms. The van der Waals surface area contributed by atoms with Crippen LogP contribution in [0, 0.1) is 3.57 Å². The lowest BCUT2D eigenvalue weighted by Crippen LogP contribution is -2.36. The molecule has 124 valence electrons. The van der Waals surface area contributed by atoms with Gasteiger partial charge in [-0.1, -0.05) is 12.1 Å². The van der Waals surface area contributed by atoms with Crippen molar-refractivity contribution in [2.45, 2.75) is 19.3 Å². The average molecular weight is 434 g/mol. The number of para-hydroxylation sites is 1. The topological polar surface area (TPSA) is 49.4 Å². The van der Waals surface area contributed by atoms with Gasteiger partial charge in [0.1, 0.15) is 0 Å². The van der Waals surface area contributed by atoms with Crippen molar-refractivity contribution in [1.82, 2.24) is 4.90 Å². The zero-order valence-corrected chi connectivity index (χ0v) is 15.5. The zero-order valence-electron chi connectivity index (χ0n) is 13.3. The van der Waals surface area contributed by atoms with Gasteiger partial charge >= 0.3 is 0 Å². The molecule has 0 unspecified atom stereocenters. The number of piperidine rings is 1. The van der Waals surface area contributed by atoms with Crippen molar-refractivity contribution in [3.05, 3.63) is 63.2 Å². The van der Waals surface area contributed by atoms with Gasteiger partial charge in [-0.3, -0.25) is 9.59 Å². The first kappa shape index (κ1) is 17.0. The van der Waals surface area contributed by atoms with Crippen LogP contribution >= 0.6 is 22.6 Å². The van der Waals surface area contributed by atoms with Crippen LogP contribution in [0.2, 0.25) is 0 Å². The Kier molecular flexibility index (Phi) is 5.50. The third-order valence-corrected chi connectivity index (χ3v) is 4.87. The van der Waals surface area contributed by atoms with Crippen LogP contribution < -0.4 is 5.32 Å². The Bertz CT molecular complexity index is 737.